The molecule has 2 aliphatic rings. The fraction of sp³-hybridized carbons (Fsp3) is 0.579. The van der Waals surface area contributed by atoms with Crippen molar-refractivity contribution in [3.63, 3.8) is 0 Å². The van der Waals surface area contributed by atoms with Gasteiger partial charge in [-0.2, -0.15) is 13.2 Å². The predicted molar refractivity (Wildman–Crippen MR) is 95.2 cm³/mol. The molecule has 0 aliphatic carbocycles. The monoisotopic (exact) mass is 383 g/mol. The Labute approximate surface area is 156 Å². The van der Waals surface area contributed by atoms with E-state index in [4.69, 9.17) is 0 Å². The van der Waals surface area contributed by atoms with E-state index in [1.807, 2.05) is 30.3 Å². The Morgan fingerprint density at radius 2 is 1.85 bits per heavy atom. The molecular formula is C19H24F3N3O2. The van der Waals surface area contributed by atoms with Crippen LogP contribution in [0.2, 0.25) is 0 Å². The fourth-order valence-electron chi connectivity index (χ4n) is 4.03. The van der Waals surface area contributed by atoms with Gasteiger partial charge in [0.05, 0.1) is 6.54 Å². The summed E-state index contributed by atoms with van der Waals surface area (Å²) in [5.74, 6) is -0.381. The van der Waals surface area contributed by atoms with Gasteiger partial charge in [-0.05, 0) is 31.4 Å². The second-order valence-electron chi connectivity index (χ2n) is 7.21. The second kappa shape index (κ2) is 7.88. The number of carbonyl (C=O) groups is 2. The Morgan fingerprint density at radius 3 is 2.52 bits per heavy atom. The zero-order valence-corrected chi connectivity index (χ0v) is 15.3. The maximum absolute atomic E-state index is 13.0. The highest BCUT2D eigenvalue weighted by molar-refractivity contribution is 5.99. The molecule has 2 aliphatic heterocycles. The molecule has 1 aromatic rings. The Bertz CT molecular complexity index is 681. The zero-order valence-electron chi connectivity index (χ0n) is 15.3. The number of likely N-dealkylation sites (N-methyl/N-ethyl adjacent to an activating group) is 1. The van der Waals surface area contributed by atoms with Gasteiger partial charge in [-0.15, -0.1) is 0 Å². The summed E-state index contributed by atoms with van der Waals surface area (Å²) in [5, 5.41) is 0. The Balaban J connectivity index is 1.70. The average Bonchev–Trinajstić information content (AvgIpc) is 3.04. The normalized spacial score (nSPS) is 24.3. The Hall–Kier alpha value is -2.09. The molecule has 148 valence electrons. The summed E-state index contributed by atoms with van der Waals surface area (Å²) in [6.07, 6.45) is -2.61. The molecule has 2 heterocycles. The lowest BCUT2D eigenvalue weighted by atomic mass is 10.1. The van der Waals surface area contributed by atoms with E-state index in [9.17, 15) is 22.8 Å². The van der Waals surface area contributed by atoms with Crippen LogP contribution in [0.4, 0.5) is 18.9 Å². The molecule has 2 amide bonds. The molecular weight excluding hydrogens is 359 g/mol. The largest absolute Gasteiger partial charge is 0.401 e. The Kier molecular flexibility index (Phi) is 5.74. The highest BCUT2D eigenvalue weighted by atomic mass is 19.4. The van der Waals surface area contributed by atoms with E-state index >= 15 is 0 Å². The topological polar surface area (TPSA) is 43.9 Å². The molecule has 0 N–H and O–H groups in total. The molecule has 0 radical (unpaired) electrons. The van der Waals surface area contributed by atoms with Crippen molar-refractivity contribution in [2.75, 3.05) is 31.6 Å². The molecule has 0 aromatic heterocycles. The number of halogens is 3. The van der Waals surface area contributed by atoms with Crippen molar-refractivity contribution >= 4 is 17.5 Å². The molecule has 2 atom stereocenters. The molecule has 2 fully saturated rings. The highest BCUT2D eigenvalue weighted by Gasteiger charge is 2.43. The summed E-state index contributed by atoms with van der Waals surface area (Å²) in [6.45, 7) is -0.646. The summed E-state index contributed by atoms with van der Waals surface area (Å²) in [5.41, 5.74) is 0.752. The van der Waals surface area contributed by atoms with E-state index in [1.54, 1.807) is 16.8 Å². The van der Waals surface area contributed by atoms with Crippen LogP contribution >= 0.6 is 0 Å². The van der Waals surface area contributed by atoms with Crippen molar-refractivity contribution in [3.05, 3.63) is 30.3 Å². The van der Waals surface area contributed by atoms with Crippen LogP contribution in [-0.4, -0.2) is 66.6 Å². The number of benzene rings is 1. The second-order valence-corrected chi connectivity index (χ2v) is 7.21. The van der Waals surface area contributed by atoms with Gasteiger partial charge in [0.15, 0.2) is 0 Å². The number of anilines is 1. The van der Waals surface area contributed by atoms with E-state index in [-0.39, 0.29) is 37.4 Å². The van der Waals surface area contributed by atoms with E-state index in [0.29, 0.717) is 19.3 Å². The summed E-state index contributed by atoms with van der Waals surface area (Å²) >= 11 is 0. The van der Waals surface area contributed by atoms with Crippen LogP contribution in [0.15, 0.2) is 30.3 Å². The van der Waals surface area contributed by atoms with Gasteiger partial charge in [-0.3, -0.25) is 14.5 Å². The quantitative estimate of drug-likeness (QED) is 0.806. The number of para-hydroxylation sites is 1. The molecule has 1 aromatic carbocycles. The van der Waals surface area contributed by atoms with Crippen molar-refractivity contribution in [2.45, 2.75) is 43.9 Å². The molecule has 27 heavy (non-hydrogen) atoms. The van der Waals surface area contributed by atoms with E-state index in [0.717, 1.165) is 5.69 Å². The number of alkyl halides is 3. The van der Waals surface area contributed by atoms with Crippen LogP contribution in [0.3, 0.4) is 0 Å². The molecule has 0 spiro atoms. The summed E-state index contributed by atoms with van der Waals surface area (Å²) in [6, 6.07) is 8.49. The van der Waals surface area contributed by atoms with Crippen molar-refractivity contribution in [3.8, 4) is 0 Å². The third kappa shape index (κ3) is 4.61. The number of fused-ring (bicyclic) bond motifs is 1. The minimum atomic E-state index is -4.27. The molecule has 0 unspecified atom stereocenters. The Morgan fingerprint density at radius 1 is 1.15 bits per heavy atom. The van der Waals surface area contributed by atoms with Gasteiger partial charge in [-0.1, -0.05) is 18.2 Å². The predicted octanol–water partition coefficient (Wildman–Crippen LogP) is 2.67. The van der Waals surface area contributed by atoms with E-state index < -0.39 is 18.8 Å². The van der Waals surface area contributed by atoms with Gasteiger partial charge in [0, 0.05) is 38.3 Å². The number of nitrogens with zero attached hydrogens (tertiary/aromatic N) is 3. The van der Waals surface area contributed by atoms with Crippen molar-refractivity contribution in [1.82, 2.24) is 9.80 Å². The number of hydrogen-bond donors (Lipinski definition) is 0. The third-order valence-corrected chi connectivity index (χ3v) is 5.37. The minimum Gasteiger partial charge on any atom is -0.328 e. The number of hydrogen-bond acceptors (Lipinski definition) is 3. The first-order valence-electron chi connectivity index (χ1n) is 9.19. The lowest BCUT2D eigenvalue weighted by Gasteiger charge is -2.36. The molecule has 2 saturated heterocycles. The third-order valence-electron chi connectivity index (χ3n) is 5.37. The lowest BCUT2D eigenvalue weighted by molar-refractivity contribution is -0.152. The standard InChI is InChI=1S/C19H24F3N3O2/c1-23(14-5-3-2-4-6-14)18(27)16-8-7-15-9-11-24(13-19(20,21)22)12-10-17(26)25(15)16/h2-6,15-16H,7-13H2,1H3/t15-,16+/m1/s1. The smallest absolute Gasteiger partial charge is 0.328 e. The zero-order chi connectivity index (χ0) is 19.6. The summed E-state index contributed by atoms with van der Waals surface area (Å²) in [7, 11) is 1.69. The molecule has 8 heteroatoms. The van der Waals surface area contributed by atoms with Gasteiger partial charge >= 0.3 is 6.18 Å². The number of rotatable bonds is 3. The molecule has 3 rings (SSSR count). The van der Waals surface area contributed by atoms with E-state index in [1.165, 1.54) is 4.90 Å². The van der Waals surface area contributed by atoms with Gasteiger partial charge in [0.25, 0.3) is 0 Å². The first-order valence-corrected chi connectivity index (χ1v) is 9.19. The maximum atomic E-state index is 13.0. The van der Waals surface area contributed by atoms with E-state index in [2.05, 4.69) is 0 Å². The average molecular weight is 383 g/mol. The van der Waals surface area contributed by atoms with Gasteiger partial charge in [0.1, 0.15) is 6.04 Å². The van der Waals surface area contributed by atoms with Crippen LogP contribution in [0.25, 0.3) is 0 Å². The lowest BCUT2D eigenvalue weighted by Crippen LogP contribution is -2.52. The van der Waals surface area contributed by atoms with Crippen molar-refractivity contribution in [2.24, 2.45) is 0 Å². The molecule has 0 bridgehead atoms. The first-order chi connectivity index (χ1) is 12.8. The minimum absolute atomic E-state index is 0.00537. The SMILES string of the molecule is CN(C(=O)[C@@H]1CC[C@@H]2CCN(CC(F)(F)F)CCC(=O)N21)c1ccccc1. The summed E-state index contributed by atoms with van der Waals surface area (Å²) < 4.78 is 38.0. The van der Waals surface area contributed by atoms with Crippen molar-refractivity contribution in [1.29, 1.82) is 0 Å². The number of amides is 2. The van der Waals surface area contributed by atoms with Gasteiger partial charge < -0.3 is 9.80 Å². The van der Waals surface area contributed by atoms with Crippen LogP contribution in [0.5, 0.6) is 0 Å². The molecule has 0 saturated carbocycles. The number of carbonyl (C=O) groups excluding carboxylic acids is 2. The summed E-state index contributed by atoms with van der Waals surface area (Å²) in [4.78, 5) is 30.1. The highest BCUT2D eigenvalue weighted by Crippen LogP contribution is 2.31. The fourth-order valence-corrected chi connectivity index (χ4v) is 4.03. The first kappa shape index (κ1) is 19.7. The van der Waals surface area contributed by atoms with Crippen LogP contribution in [0.1, 0.15) is 25.7 Å². The van der Waals surface area contributed by atoms with Gasteiger partial charge in [-0.25, -0.2) is 0 Å². The maximum Gasteiger partial charge on any atom is 0.401 e. The van der Waals surface area contributed by atoms with Crippen LogP contribution < -0.4 is 4.90 Å². The van der Waals surface area contributed by atoms with Crippen LogP contribution in [0, 0.1) is 0 Å². The molecule has 5 nitrogen and oxygen atoms in total. The van der Waals surface area contributed by atoms with Crippen molar-refractivity contribution < 1.29 is 22.8 Å². The van der Waals surface area contributed by atoms with Gasteiger partial charge in [0.2, 0.25) is 11.8 Å². The van der Waals surface area contributed by atoms with Crippen LogP contribution in [-0.2, 0) is 9.59 Å².